The number of hydrogen-bond donors (Lipinski definition) is 2. The Morgan fingerprint density at radius 1 is 1.62 bits per heavy atom. The molecule has 1 aromatic rings. The van der Waals surface area contributed by atoms with Crippen LogP contribution in [0.15, 0.2) is 18.3 Å². The number of nitrogens with zero attached hydrogens (tertiary/aromatic N) is 2. The summed E-state index contributed by atoms with van der Waals surface area (Å²) in [5.41, 5.74) is 5.05. The lowest BCUT2D eigenvalue weighted by molar-refractivity contribution is 0.0368. The molecule has 0 aliphatic rings. The van der Waals surface area contributed by atoms with Crippen LogP contribution in [0.2, 0.25) is 0 Å². The van der Waals surface area contributed by atoms with Crippen LogP contribution in [0, 0.1) is 0 Å². The molecule has 1 heterocycles. The van der Waals surface area contributed by atoms with E-state index in [2.05, 4.69) is 4.98 Å². The molecule has 1 amide bonds. The number of amides is 1. The number of anilines is 1. The van der Waals surface area contributed by atoms with E-state index in [0.29, 0.717) is 11.4 Å². The monoisotopic (exact) mass is 223 g/mol. The number of carbonyl (C=O) groups excluding carboxylic acids is 1. The smallest absolute Gasteiger partial charge is 0.253 e. The SMILES string of the molecule is CN(CC(C)(C)O)C(=O)c1ccnc(N)c1. The number of pyridine rings is 1. The van der Waals surface area contributed by atoms with E-state index < -0.39 is 5.60 Å². The third kappa shape index (κ3) is 3.51. The Labute approximate surface area is 94.9 Å². The van der Waals surface area contributed by atoms with Gasteiger partial charge >= 0.3 is 0 Å². The predicted octanol–water partition coefficient (Wildman–Crippen LogP) is 0.507. The first-order valence-corrected chi connectivity index (χ1v) is 4.99. The van der Waals surface area contributed by atoms with Crippen molar-refractivity contribution in [2.75, 3.05) is 19.3 Å². The van der Waals surface area contributed by atoms with Crippen LogP contribution in [0.1, 0.15) is 24.2 Å². The van der Waals surface area contributed by atoms with Gasteiger partial charge in [-0.25, -0.2) is 4.98 Å². The number of nitrogen functional groups attached to an aromatic ring is 1. The Balaban J connectivity index is 2.78. The summed E-state index contributed by atoms with van der Waals surface area (Å²) in [4.78, 5) is 17.2. The van der Waals surface area contributed by atoms with Crippen molar-refractivity contribution in [3.8, 4) is 0 Å². The number of rotatable bonds is 3. The van der Waals surface area contributed by atoms with E-state index in [0.717, 1.165) is 0 Å². The molecule has 0 bridgehead atoms. The summed E-state index contributed by atoms with van der Waals surface area (Å²) < 4.78 is 0. The van der Waals surface area contributed by atoms with Gasteiger partial charge < -0.3 is 15.7 Å². The van der Waals surface area contributed by atoms with E-state index in [1.807, 2.05) is 0 Å². The van der Waals surface area contributed by atoms with Crippen molar-refractivity contribution in [3.05, 3.63) is 23.9 Å². The normalized spacial score (nSPS) is 11.2. The van der Waals surface area contributed by atoms with Crippen LogP contribution < -0.4 is 5.73 Å². The summed E-state index contributed by atoms with van der Waals surface area (Å²) in [6, 6.07) is 3.11. The van der Waals surface area contributed by atoms with Crippen molar-refractivity contribution in [1.82, 2.24) is 9.88 Å². The first-order chi connectivity index (χ1) is 7.29. The minimum atomic E-state index is -0.914. The zero-order valence-corrected chi connectivity index (χ0v) is 9.77. The second-order valence-corrected chi connectivity index (χ2v) is 4.44. The molecule has 16 heavy (non-hydrogen) atoms. The Morgan fingerprint density at radius 3 is 2.75 bits per heavy atom. The van der Waals surface area contributed by atoms with E-state index in [9.17, 15) is 9.90 Å². The maximum absolute atomic E-state index is 11.9. The molecule has 3 N–H and O–H groups in total. The molecule has 0 aliphatic carbocycles. The summed E-state index contributed by atoms with van der Waals surface area (Å²) in [6.07, 6.45) is 1.49. The maximum Gasteiger partial charge on any atom is 0.253 e. The molecule has 0 aromatic carbocycles. The molecule has 0 saturated heterocycles. The first kappa shape index (κ1) is 12.4. The molecule has 0 aliphatic heterocycles. The highest BCUT2D eigenvalue weighted by Gasteiger charge is 2.20. The summed E-state index contributed by atoms with van der Waals surface area (Å²) >= 11 is 0. The Kier molecular flexibility index (Phi) is 3.49. The third-order valence-electron chi connectivity index (χ3n) is 2.00. The zero-order chi connectivity index (χ0) is 12.3. The number of likely N-dealkylation sites (N-methyl/N-ethyl adjacent to an activating group) is 1. The quantitative estimate of drug-likeness (QED) is 0.782. The van der Waals surface area contributed by atoms with Crippen LogP contribution in [0.5, 0.6) is 0 Å². The molecule has 0 spiro atoms. The highest BCUT2D eigenvalue weighted by molar-refractivity contribution is 5.94. The summed E-state index contributed by atoms with van der Waals surface area (Å²) in [5, 5.41) is 9.61. The molecule has 0 atom stereocenters. The number of aliphatic hydroxyl groups is 1. The lowest BCUT2D eigenvalue weighted by Gasteiger charge is -2.25. The highest BCUT2D eigenvalue weighted by atomic mass is 16.3. The summed E-state index contributed by atoms with van der Waals surface area (Å²) in [5.74, 6) is 0.124. The minimum Gasteiger partial charge on any atom is -0.389 e. The summed E-state index contributed by atoms with van der Waals surface area (Å²) in [6.45, 7) is 3.56. The minimum absolute atomic E-state index is 0.184. The second-order valence-electron chi connectivity index (χ2n) is 4.44. The molecule has 0 saturated carbocycles. The third-order valence-corrected chi connectivity index (χ3v) is 2.00. The Morgan fingerprint density at radius 2 is 2.25 bits per heavy atom. The standard InChI is InChI=1S/C11H17N3O2/c1-11(2,16)7-14(3)10(15)8-4-5-13-9(12)6-8/h4-6,16H,7H2,1-3H3,(H2,12,13). The Bertz CT molecular complexity index is 385. The van der Waals surface area contributed by atoms with Gasteiger partial charge in [0.2, 0.25) is 0 Å². The number of aromatic nitrogens is 1. The molecule has 0 unspecified atom stereocenters. The topological polar surface area (TPSA) is 79.5 Å². The van der Waals surface area contributed by atoms with Crippen molar-refractivity contribution < 1.29 is 9.90 Å². The van der Waals surface area contributed by atoms with E-state index in [-0.39, 0.29) is 12.5 Å². The van der Waals surface area contributed by atoms with E-state index in [4.69, 9.17) is 5.73 Å². The average molecular weight is 223 g/mol. The number of carbonyl (C=O) groups is 1. The van der Waals surface area contributed by atoms with Crippen LogP contribution in [-0.2, 0) is 0 Å². The summed E-state index contributed by atoms with van der Waals surface area (Å²) in [7, 11) is 1.64. The van der Waals surface area contributed by atoms with E-state index >= 15 is 0 Å². The molecule has 0 fully saturated rings. The first-order valence-electron chi connectivity index (χ1n) is 4.99. The largest absolute Gasteiger partial charge is 0.389 e. The van der Waals surface area contributed by atoms with Crippen molar-refractivity contribution >= 4 is 11.7 Å². The number of nitrogens with two attached hydrogens (primary N) is 1. The second kappa shape index (κ2) is 4.49. The van der Waals surface area contributed by atoms with Gasteiger partial charge in [-0.15, -0.1) is 0 Å². The molecule has 88 valence electrons. The fourth-order valence-electron chi connectivity index (χ4n) is 1.45. The molecule has 1 rings (SSSR count). The van der Waals surface area contributed by atoms with Gasteiger partial charge in [-0.05, 0) is 26.0 Å². The fourth-order valence-corrected chi connectivity index (χ4v) is 1.45. The van der Waals surface area contributed by atoms with Crippen LogP contribution >= 0.6 is 0 Å². The van der Waals surface area contributed by atoms with Gasteiger partial charge in [0, 0.05) is 25.4 Å². The van der Waals surface area contributed by atoms with Crippen molar-refractivity contribution in [3.63, 3.8) is 0 Å². The van der Waals surface area contributed by atoms with Gasteiger partial charge in [-0.2, -0.15) is 0 Å². The molecular weight excluding hydrogens is 206 g/mol. The van der Waals surface area contributed by atoms with E-state index in [1.54, 1.807) is 27.0 Å². The number of hydrogen-bond acceptors (Lipinski definition) is 4. The van der Waals surface area contributed by atoms with Gasteiger partial charge in [0.1, 0.15) is 5.82 Å². The lowest BCUT2D eigenvalue weighted by Crippen LogP contribution is -2.39. The van der Waals surface area contributed by atoms with Crippen LogP contribution in [-0.4, -0.2) is 40.1 Å². The van der Waals surface area contributed by atoms with Gasteiger partial charge in [-0.1, -0.05) is 0 Å². The van der Waals surface area contributed by atoms with E-state index in [1.165, 1.54) is 17.2 Å². The van der Waals surface area contributed by atoms with Crippen molar-refractivity contribution in [2.24, 2.45) is 0 Å². The molecule has 5 nitrogen and oxygen atoms in total. The predicted molar refractivity (Wildman–Crippen MR) is 61.9 cm³/mol. The van der Waals surface area contributed by atoms with Gasteiger partial charge in [-0.3, -0.25) is 4.79 Å². The fraction of sp³-hybridized carbons (Fsp3) is 0.455. The van der Waals surface area contributed by atoms with Gasteiger partial charge in [0.15, 0.2) is 0 Å². The average Bonchev–Trinajstić information content (AvgIpc) is 2.14. The molecule has 1 aromatic heterocycles. The lowest BCUT2D eigenvalue weighted by atomic mass is 10.1. The Hall–Kier alpha value is -1.62. The van der Waals surface area contributed by atoms with Crippen molar-refractivity contribution in [1.29, 1.82) is 0 Å². The van der Waals surface area contributed by atoms with Gasteiger partial charge in [0.25, 0.3) is 5.91 Å². The van der Waals surface area contributed by atoms with Crippen molar-refractivity contribution in [2.45, 2.75) is 19.4 Å². The zero-order valence-electron chi connectivity index (χ0n) is 9.77. The van der Waals surface area contributed by atoms with Crippen LogP contribution in [0.4, 0.5) is 5.82 Å². The van der Waals surface area contributed by atoms with Crippen LogP contribution in [0.25, 0.3) is 0 Å². The molecular formula is C11H17N3O2. The van der Waals surface area contributed by atoms with Gasteiger partial charge in [0.05, 0.1) is 5.60 Å². The highest BCUT2D eigenvalue weighted by Crippen LogP contribution is 2.09. The maximum atomic E-state index is 11.9. The molecule has 0 radical (unpaired) electrons. The van der Waals surface area contributed by atoms with Crippen LogP contribution in [0.3, 0.4) is 0 Å². The molecule has 5 heteroatoms.